The monoisotopic (exact) mass is 520 g/mol. The third-order valence-corrected chi connectivity index (χ3v) is 12.9. The standard InChI is InChI=1S/C26H40N2O5SSi/c1-17-10-12-18(13-11-17)34(31)21-16-19(27-24(30)32-25(2,3)4)23(29)28-15-14-20(22(21)28)33-35(8,9)26(5,6)7/h10-13,19-20H,14-16H2,1-9H3,(H,27,30)/t19-,20-,34+/m0/s1. The second-order valence-corrected chi connectivity index (χ2v) is 18.2. The summed E-state index contributed by atoms with van der Waals surface area (Å²) in [7, 11) is -3.65. The number of hydrogen-bond donors (Lipinski definition) is 1. The lowest BCUT2D eigenvalue weighted by molar-refractivity contribution is -0.131. The van der Waals surface area contributed by atoms with Gasteiger partial charge in [-0.25, -0.2) is 9.00 Å². The van der Waals surface area contributed by atoms with E-state index in [-0.39, 0.29) is 23.5 Å². The molecule has 2 heterocycles. The van der Waals surface area contributed by atoms with Crippen LogP contribution in [0.1, 0.15) is 59.9 Å². The summed E-state index contributed by atoms with van der Waals surface area (Å²) in [5.74, 6) is -0.211. The number of amides is 2. The summed E-state index contributed by atoms with van der Waals surface area (Å²) in [5.41, 5.74) is 1.10. The average Bonchev–Trinajstić information content (AvgIpc) is 3.11. The van der Waals surface area contributed by atoms with Gasteiger partial charge in [0, 0.05) is 22.8 Å². The maximum atomic E-state index is 13.9. The summed E-state index contributed by atoms with van der Waals surface area (Å²) in [6, 6.07) is 6.73. The molecular formula is C26H40N2O5SSi. The van der Waals surface area contributed by atoms with E-state index in [4.69, 9.17) is 9.16 Å². The molecule has 1 N–H and O–H groups in total. The normalized spacial score (nSPS) is 22.2. The van der Waals surface area contributed by atoms with Gasteiger partial charge in [0.1, 0.15) is 11.6 Å². The van der Waals surface area contributed by atoms with Crippen molar-refractivity contribution in [1.82, 2.24) is 10.2 Å². The van der Waals surface area contributed by atoms with Gasteiger partial charge < -0.3 is 19.4 Å². The molecule has 2 amide bonds. The zero-order chi connectivity index (χ0) is 26.3. The van der Waals surface area contributed by atoms with Crippen molar-refractivity contribution in [1.29, 1.82) is 0 Å². The molecule has 35 heavy (non-hydrogen) atoms. The fourth-order valence-corrected chi connectivity index (χ4v) is 6.70. The highest BCUT2D eigenvalue weighted by Gasteiger charge is 2.48. The molecule has 3 atom stereocenters. The van der Waals surface area contributed by atoms with E-state index < -0.39 is 36.9 Å². The van der Waals surface area contributed by atoms with Crippen LogP contribution in [0.25, 0.3) is 0 Å². The number of carbonyl (C=O) groups is 2. The van der Waals surface area contributed by atoms with Gasteiger partial charge in [-0.05, 0) is 64.4 Å². The molecular weight excluding hydrogens is 480 g/mol. The lowest BCUT2D eigenvalue weighted by Crippen LogP contribution is -2.52. The molecule has 0 aliphatic carbocycles. The molecule has 1 aromatic carbocycles. The molecule has 1 aromatic rings. The van der Waals surface area contributed by atoms with Gasteiger partial charge in [-0.1, -0.05) is 38.5 Å². The van der Waals surface area contributed by atoms with Gasteiger partial charge in [-0.2, -0.15) is 0 Å². The topological polar surface area (TPSA) is 84.9 Å². The first-order valence-electron chi connectivity index (χ1n) is 12.2. The molecule has 0 radical (unpaired) electrons. The molecule has 0 spiro atoms. The maximum Gasteiger partial charge on any atom is 0.408 e. The lowest BCUT2D eigenvalue weighted by Gasteiger charge is -2.40. The van der Waals surface area contributed by atoms with Crippen molar-refractivity contribution in [3.05, 3.63) is 40.4 Å². The number of nitrogens with one attached hydrogen (secondary N) is 1. The highest BCUT2D eigenvalue weighted by Crippen LogP contribution is 2.43. The van der Waals surface area contributed by atoms with Crippen LogP contribution < -0.4 is 5.32 Å². The second kappa shape index (κ2) is 9.82. The number of benzene rings is 1. The molecule has 194 valence electrons. The van der Waals surface area contributed by atoms with Crippen molar-refractivity contribution < 1.29 is 23.0 Å². The minimum Gasteiger partial charge on any atom is -0.444 e. The fourth-order valence-electron chi connectivity index (χ4n) is 3.99. The van der Waals surface area contributed by atoms with Crippen molar-refractivity contribution in [2.75, 3.05) is 6.54 Å². The Morgan fingerprint density at radius 3 is 2.26 bits per heavy atom. The average molecular weight is 521 g/mol. The molecule has 2 aliphatic heterocycles. The van der Waals surface area contributed by atoms with E-state index in [9.17, 15) is 13.8 Å². The first kappa shape index (κ1) is 27.6. The van der Waals surface area contributed by atoms with E-state index in [1.54, 1.807) is 25.7 Å². The molecule has 7 nitrogen and oxygen atoms in total. The van der Waals surface area contributed by atoms with Gasteiger partial charge in [0.2, 0.25) is 5.91 Å². The van der Waals surface area contributed by atoms with E-state index in [0.717, 1.165) is 5.56 Å². The summed E-state index contributed by atoms with van der Waals surface area (Å²) in [4.78, 5) is 28.9. The fraction of sp³-hybridized carbons (Fsp3) is 0.615. The number of hydrogen-bond acceptors (Lipinski definition) is 5. The number of nitrogens with zero attached hydrogens (tertiary/aromatic N) is 1. The van der Waals surface area contributed by atoms with Crippen LogP contribution in [0.5, 0.6) is 0 Å². The quantitative estimate of drug-likeness (QED) is 0.537. The Morgan fingerprint density at radius 2 is 1.71 bits per heavy atom. The highest BCUT2D eigenvalue weighted by molar-refractivity contribution is 7.89. The van der Waals surface area contributed by atoms with Crippen LogP contribution in [0.4, 0.5) is 4.79 Å². The molecule has 1 fully saturated rings. The zero-order valence-corrected chi connectivity index (χ0v) is 24.3. The molecule has 2 aliphatic rings. The van der Waals surface area contributed by atoms with Crippen LogP contribution in [0.2, 0.25) is 18.1 Å². The minimum absolute atomic E-state index is 0.00324. The van der Waals surface area contributed by atoms with Crippen molar-refractivity contribution >= 4 is 31.1 Å². The van der Waals surface area contributed by atoms with Gasteiger partial charge in [-0.3, -0.25) is 4.79 Å². The van der Waals surface area contributed by atoms with Crippen molar-refractivity contribution in [3.63, 3.8) is 0 Å². The molecule has 0 bridgehead atoms. The van der Waals surface area contributed by atoms with E-state index >= 15 is 0 Å². The van der Waals surface area contributed by atoms with E-state index in [0.29, 0.717) is 28.5 Å². The van der Waals surface area contributed by atoms with Crippen LogP contribution in [0, 0.1) is 6.92 Å². The van der Waals surface area contributed by atoms with Crippen LogP contribution >= 0.6 is 0 Å². The SMILES string of the molecule is Cc1ccc([S@@](=O)C2=C3[C@@H](O[Si](C)(C)C(C)(C)C)CCN3C(=O)[C@@H](NC(=O)OC(C)(C)C)C2)cc1. The Bertz CT molecular complexity index is 1040. The van der Waals surface area contributed by atoms with Gasteiger partial charge in [-0.15, -0.1) is 0 Å². The lowest BCUT2D eigenvalue weighted by atomic mass is 10.1. The highest BCUT2D eigenvalue weighted by atomic mass is 32.2. The molecule has 9 heteroatoms. The van der Waals surface area contributed by atoms with E-state index in [1.165, 1.54) is 0 Å². The Morgan fingerprint density at radius 1 is 1.11 bits per heavy atom. The summed E-state index contributed by atoms with van der Waals surface area (Å²) in [6.45, 7) is 18.7. The number of aryl methyl sites for hydroxylation is 1. The third-order valence-electron chi connectivity index (χ3n) is 6.84. The first-order chi connectivity index (χ1) is 16.0. The van der Waals surface area contributed by atoms with Gasteiger partial charge in [0.05, 0.1) is 22.6 Å². The molecule has 0 aromatic heterocycles. The summed E-state index contributed by atoms with van der Waals surface area (Å²) >= 11 is 0. The van der Waals surface area contributed by atoms with Gasteiger partial charge in [0.25, 0.3) is 0 Å². The zero-order valence-electron chi connectivity index (χ0n) is 22.5. The van der Waals surface area contributed by atoms with Crippen LogP contribution in [0.15, 0.2) is 39.8 Å². The van der Waals surface area contributed by atoms with E-state index in [1.807, 2.05) is 31.2 Å². The predicted octanol–water partition coefficient (Wildman–Crippen LogP) is 5.23. The smallest absolute Gasteiger partial charge is 0.408 e. The van der Waals surface area contributed by atoms with Crippen molar-refractivity contribution in [3.8, 4) is 0 Å². The summed E-state index contributed by atoms with van der Waals surface area (Å²) in [6.07, 6.45) is -0.164. The first-order valence-corrected chi connectivity index (χ1v) is 16.3. The molecule has 3 rings (SSSR count). The summed E-state index contributed by atoms with van der Waals surface area (Å²) < 4.78 is 26.0. The number of fused-ring (bicyclic) bond motifs is 1. The van der Waals surface area contributed by atoms with Crippen molar-refractivity contribution in [2.45, 2.75) is 102 Å². The number of carbonyl (C=O) groups excluding carboxylic acids is 2. The van der Waals surface area contributed by atoms with E-state index in [2.05, 4.69) is 39.2 Å². The minimum atomic E-state index is -2.15. The van der Waals surface area contributed by atoms with Crippen LogP contribution in [-0.4, -0.2) is 53.7 Å². The maximum absolute atomic E-state index is 13.9. The van der Waals surface area contributed by atoms with Gasteiger partial charge >= 0.3 is 6.09 Å². The Balaban J connectivity index is 2.01. The molecule has 0 unspecified atom stereocenters. The number of ether oxygens (including phenoxy) is 1. The number of rotatable bonds is 5. The second-order valence-electron chi connectivity index (χ2n) is 11.9. The third kappa shape index (κ3) is 6.24. The Hall–Kier alpha value is -1.97. The molecule has 1 saturated heterocycles. The summed E-state index contributed by atoms with van der Waals surface area (Å²) in [5, 5.41) is 2.71. The van der Waals surface area contributed by atoms with Gasteiger partial charge in [0.15, 0.2) is 8.32 Å². The number of alkyl carbamates (subject to hydrolysis) is 1. The van der Waals surface area contributed by atoms with Crippen LogP contribution in [0.3, 0.4) is 0 Å². The largest absolute Gasteiger partial charge is 0.444 e. The Kier molecular flexibility index (Phi) is 7.75. The Labute approximate surface area is 213 Å². The molecule has 0 saturated carbocycles. The predicted molar refractivity (Wildman–Crippen MR) is 141 cm³/mol. The van der Waals surface area contributed by atoms with Crippen molar-refractivity contribution in [2.24, 2.45) is 0 Å². The van der Waals surface area contributed by atoms with Crippen LogP contribution in [-0.2, 0) is 24.8 Å².